The van der Waals surface area contributed by atoms with Gasteiger partial charge in [0.1, 0.15) is 5.97 Å². The van der Waals surface area contributed by atoms with Gasteiger partial charge in [0.2, 0.25) is 0 Å². The third kappa shape index (κ3) is 4.34. The van der Waals surface area contributed by atoms with Gasteiger partial charge in [0.15, 0.2) is 11.5 Å². The van der Waals surface area contributed by atoms with Gasteiger partial charge in [-0.3, -0.25) is 9.78 Å². The van der Waals surface area contributed by atoms with Crippen LogP contribution in [0.3, 0.4) is 0 Å². The SMILES string of the molecule is Cc1cc2nc3c(=O)[nH]c(=O)nc-3n(CCN)c2cc1C.O=C([O-])C(F)(F)F. The quantitative estimate of drug-likeness (QED) is 0.551. The summed E-state index contributed by atoms with van der Waals surface area (Å²) in [5.41, 5.74) is 8.28. The lowest BCUT2D eigenvalue weighted by molar-refractivity contribution is -0.344. The number of nitrogens with two attached hydrogens (primary N) is 1. The van der Waals surface area contributed by atoms with Crippen molar-refractivity contribution in [1.82, 2.24) is 19.5 Å². The van der Waals surface area contributed by atoms with Crippen LogP contribution in [0.15, 0.2) is 21.7 Å². The average molecular weight is 398 g/mol. The van der Waals surface area contributed by atoms with Crippen molar-refractivity contribution in [1.29, 1.82) is 0 Å². The molecule has 3 rings (SSSR count). The highest BCUT2D eigenvalue weighted by molar-refractivity contribution is 5.81. The number of hydrogen-bond acceptors (Lipinski definition) is 7. The van der Waals surface area contributed by atoms with E-state index in [0.717, 1.165) is 16.6 Å². The number of carbonyl (C=O) groups excluding carboxylic acids is 1. The molecule has 1 aromatic carbocycles. The van der Waals surface area contributed by atoms with Crippen molar-refractivity contribution >= 4 is 17.0 Å². The number of hydrogen-bond donors (Lipinski definition) is 2. The van der Waals surface area contributed by atoms with Crippen LogP contribution in [0.4, 0.5) is 13.2 Å². The first-order valence-corrected chi connectivity index (χ1v) is 7.85. The zero-order chi connectivity index (χ0) is 21.2. The van der Waals surface area contributed by atoms with Crippen LogP contribution in [0.5, 0.6) is 0 Å². The molecule has 12 heteroatoms. The number of fused-ring (bicyclic) bond motifs is 2. The summed E-state index contributed by atoms with van der Waals surface area (Å²) < 4.78 is 33.3. The van der Waals surface area contributed by atoms with E-state index >= 15 is 0 Å². The van der Waals surface area contributed by atoms with Crippen LogP contribution >= 0.6 is 0 Å². The van der Waals surface area contributed by atoms with Gasteiger partial charge >= 0.3 is 11.9 Å². The van der Waals surface area contributed by atoms with Crippen molar-refractivity contribution < 1.29 is 23.1 Å². The number of carboxylic acids is 1. The average Bonchev–Trinajstić information content (AvgIpc) is 2.57. The predicted molar refractivity (Wildman–Crippen MR) is 90.6 cm³/mol. The molecule has 2 aliphatic heterocycles. The Hall–Kier alpha value is -3.28. The summed E-state index contributed by atoms with van der Waals surface area (Å²) >= 11 is 0. The number of aromatic amines is 1. The molecule has 9 nitrogen and oxygen atoms in total. The molecule has 0 bridgehead atoms. The zero-order valence-corrected chi connectivity index (χ0v) is 14.8. The summed E-state index contributed by atoms with van der Waals surface area (Å²) in [6.45, 7) is 4.80. The largest absolute Gasteiger partial charge is 0.542 e. The van der Waals surface area contributed by atoms with Gasteiger partial charge in [-0.05, 0) is 37.1 Å². The molecule has 150 valence electrons. The normalized spacial score (nSPS) is 11.4. The lowest BCUT2D eigenvalue weighted by Gasteiger charge is -2.16. The molecule has 0 saturated heterocycles. The molecule has 1 aromatic rings. The van der Waals surface area contributed by atoms with Gasteiger partial charge < -0.3 is 20.2 Å². The molecule has 0 fully saturated rings. The Kier molecular flexibility index (Phi) is 5.83. The number of halogens is 3. The summed E-state index contributed by atoms with van der Waals surface area (Å²) in [7, 11) is 0. The molecule has 0 aliphatic carbocycles. The lowest BCUT2D eigenvalue weighted by Crippen LogP contribution is -2.37. The Labute approximate surface area is 155 Å². The van der Waals surface area contributed by atoms with Gasteiger partial charge in [-0.25, -0.2) is 9.78 Å². The Morgan fingerprint density at radius 1 is 1.21 bits per heavy atom. The van der Waals surface area contributed by atoms with Crippen molar-refractivity contribution in [3.05, 3.63) is 44.1 Å². The molecule has 0 saturated carbocycles. The van der Waals surface area contributed by atoms with E-state index in [9.17, 15) is 22.8 Å². The highest BCUT2D eigenvalue weighted by Crippen LogP contribution is 2.23. The van der Waals surface area contributed by atoms with Crippen LogP contribution in [0, 0.1) is 13.8 Å². The number of aryl methyl sites for hydroxylation is 2. The van der Waals surface area contributed by atoms with Crippen molar-refractivity contribution in [2.75, 3.05) is 6.54 Å². The fourth-order valence-corrected chi connectivity index (χ4v) is 2.41. The summed E-state index contributed by atoms with van der Waals surface area (Å²) in [4.78, 5) is 42.6. The van der Waals surface area contributed by atoms with Crippen LogP contribution in [0.1, 0.15) is 11.1 Å². The predicted octanol–water partition coefficient (Wildman–Crippen LogP) is -0.541. The molecule has 0 amide bonds. The Morgan fingerprint density at radius 2 is 1.79 bits per heavy atom. The number of aromatic nitrogens is 4. The standard InChI is InChI=1S/C14H15N5O2.C2HF3O2/c1-7-5-9-10(6-8(7)2)19(4-3-15)12-11(16-9)13(20)18-14(21)17-12;3-2(4,5)1(6)7/h5-6H,3-4,15H2,1-2H3,(H,18,20,21);(H,6,7)/p-1. The third-order valence-electron chi connectivity index (χ3n) is 3.81. The van der Waals surface area contributed by atoms with E-state index in [4.69, 9.17) is 15.6 Å². The summed E-state index contributed by atoms with van der Waals surface area (Å²) in [6, 6.07) is 3.89. The van der Waals surface area contributed by atoms with E-state index < -0.39 is 23.4 Å². The minimum atomic E-state index is -5.19. The molecule has 2 heterocycles. The van der Waals surface area contributed by atoms with E-state index in [1.54, 1.807) is 4.57 Å². The molecule has 28 heavy (non-hydrogen) atoms. The van der Waals surface area contributed by atoms with Crippen molar-refractivity contribution in [2.24, 2.45) is 5.73 Å². The maximum absolute atomic E-state index is 11.9. The van der Waals surface area contributed by atoms with Gasteiger partial charge in [0.05, 0.1) is 11.0 Å². The fraction of sp³-hybridized carbons (Fsp3) is 0.312. The molecule has 2 aliphatic rings. The van der Waals surface area contributed by atoms with E-state index in [1.165, 1.54) is 0 Å². The number of benzene rings is 1. The smallest absolute Gasteiger partial charge is 0.430 e. The Balaban J connectivity index is 0.000000345. The number of nitrogens with zero attached hydrogens (tertiary/aromatic N) is 3. The second kappa shape index (κ2) is 7.76. The molecule has 0 unspecified atom stereocenters. The molecule has 0 atom stereocenters. The first-order valence-electron chi connectivity index (χ1n) is 7.85. The number of carbonyl (C=O) groups is 1. The maximum atomic E-state index is 11.9. The van der Waals surface area contributed by atoms with Crippen LogP contribution in [0.25, 0.3) is 22.6 Å². The van der Waals surface area contributed by atoms with Crippen LogP contribution in [0.2, 0.25) is 0 Å². The monoisotopic (exact) mass is 398 g/mol. The van der Waals surface area contributed by atoms with E-state index in [1.807, 2.05) is 26.0 Å². The number of alkyl halides is 3. The Morgan fingerprint density at radius 3 is 2.32 bits per heavy atom. The number of H-pyrrole nitrogens is 1. The van der Waals surface area contributed by atoms with Crippen LogP contribution in [-0.2, 0) is 11.3 Å². The minimum Gasteiger partial charge on any atom is -0.542 e. The maximum Gasteiger partial charge on any atom is 0.430 e. The first kappa shape index (κ1) is 21.0. The summed E-state index contributed by atoms with van der Waals surface area (Å²) in [5.74, 6) is -2.74. The van der Waals surface area contributed by atoms with Gasteiger partial charge in [-0.1, -0.05) is 0 Å². The second-order valence-corrected chi connectivity index (χ2v) is 5.81. The zero-order valence-electron chi connectivity index (χ0n) is 14.8. The van der Waals surface area contributed by atoms with Crippen LogP contribution in [-0.4, -0.2) is 38.2 Å². The number of aliphatic carboxylic acids is 1. The van der Waals surface area contributed by atoms with Gasteiger partial charge in [-0.15, -0.1) is 0 Å². The molecule has 0 spiro atoms. The van der Waals surface area contributed by atoms with Crippen LogP contribution < -0.4 is 22.1 Å². The van der Waals surface area contributed by atoms with Crippen molar-refractivity contribution in [3.8, 4) is 11.5 Å². The number of rotatable bonds is 2. The Bertz CT molecular complexity index is 1120. The molecular formula is C16H15F3N5O4-. The fourth-order valence-electron chi connectivity index (χ4n) is 2.41. The van der Waals surface area contributed by atoms with E-state index in [-0.39, 0.29) is 11.5 Å². The van der Waals surface area contributed by atoms with E-state index in [2.05, 4.69) is 15.0 Å². The van der Waals surface area contributed by atoms with Gasteiger partial charge in [0, 0.05) is 13.1 Å². The van der Waals surface area contributed by atoms with E-state index in [0.29, 0.717) is 18.6 Å². The summed E-state index contributed by atoms with van der Waals surface area (Å²) in [6.07, 6.45) is -5.19. The second-order valence-electron chi connectivity index (χ2n) is 5.81. The third-order valence-corrected chi connectivity index (χ3v) is 3.81. The lowest BCUT2D eigenvalue weighted by atomic mass is 10.1. The summed E-state index contributed by atoms with van der Waals surface area (Å²) in [5, 5.41) is 8.78. The highest BCUT2D eigenvalue weighted by Gasteiger charge is 2.28. The van der Waals surface area contributed by atoms with Gasteiger partial charge in [0.25, 0.3) is 5.56 Å². The molecule has 0 radical (unpaired) electrons. The number of carboxylic acid groups (broad SMARTS) is 1. The van der Waals surface area contributed by atoms with Gasteiger partial charge in [-0.2, -0.15) is 18.2 Å². The molecular weight excluding hydrogens is 383 g/mol. The highest BCUT2D eigenvalue weighted by atomic mass is 19.4. The molecule has 0 aromatic heterocycles. The topological polar surface area (TPSA) is 147 Å². The molecule has 3 N–H and O–H groups in total. The first-order chi connectivity index (χ1) is 13.0. The minimum absolute atomic E-state index is 0.152. The number of nitrogens with one attached hydrogen (secondary N) is 1. The van der Waals surface area contributed by atoms with Crippen molar-refractivity contribution in [2.45, 2.75) is 26.6 Å². The van der Waals surface area contributed by atoms with Crippen molar-refractivity contribution in [3.63, 3.8) is 0 Å².